The van der Waals surface area contributed by atoms with Gasteiger partial charge in [0.25, 0.3) is 0 Å². The molecule has 2 heterocycles. The van der Waals surface area contributed by atoms with Gasteiger partial charge in [0, 0.05) is 31.8 Å². The molecule has 0 unspecified atom stereocenters. The lowest BCUT2D eigenvalue weighted by Crippen LogP contribution is -2.57. The van der Waals surface area contributed by atoms with Crippen molar-refractivity contribution in [1.29, 1.82) is 0 Å². The fourth-order valence-electron chi connectivity index (χ4n) is 6.10. The van der Waals surface area contributed by atoms with Gasteiger partial charge in [-0.25, -0.2) is 9.59 Å². The molecule has 1 fully saturated rings. The summed E-state index contributed by atoms with van der Waals surface area (Å²) in [5.41, 5.74) is 3.50. The minimum Gasteiger partial charge on any atom is -0.464 e. The first-order valence-corrected chi connectivity index (χ1v) is 17.8. The molecule has 12 nitrogen and oxygen atoms in total. The number of benzene rings is 3. The maximum Gasteiger partial charge on any atom is 0.407 e. The van der Waals surface area contributed by atoms with Crippen molar-refractivity contribution < 1.29 is 33.4 Å². The number of carbonyl (C=O) groups is 5. The van der Waals surface area contributed by atoms with Crippen molar-refractivity contribution in [3.05, 3.63) is 138 Å². The Morgan fingerprint density at radius 2 is 1.32 bits per heavy atom. The van der Waals surface area contributed by atoms with Gasteiger partial charge in [-0.1, -0.05) is 91.0 Å². The van der Waals surface area contributed by atoms with E-state index < -0.39 is 47.9 Å². The molecule has 3 N–H and O–H groups in total. The van der Waals surface area contributed by atoms with Crippen LogP contribution >= 0.6 is 0 Å². The Bertz CT molecular complexity index is 1780. The molecule has 53 heavy (non-hydrogen) atoms. The summed E-state index contributed by atoms with van der Waals surface area (Å²) in [6.07, 6.45) is 5.26. The van der Waals surface area contributed by atoms with Crippen LogP contribution in [0, 0.1) is 0 Å². The van der Waals surface area contributed by atoms with Gasteiger partial charge in [-0.2, -0.15) is 0 Å². The summed E-state index contributed by atoms with van der Waals surface area (Å²) < 4.78 is 10.8. The number of likely N-dealkylation sites (tertiary alicyclic amines) is 1. The van der Waals surface area contributed by atoms with Gasteiger partial charge in [0.05, 0.1) is 6.61 Å². The van der Waals surface area contributed by atoms with Crippen LogP contribution in [0.1, 0.15) is 41.5 Å². The Morgan fingerprint density at radius 1 is 0.717 bits per heavy atom. The molecule has 1 aliphatic heterocycles. The largest absolute Gasteiger partial charge is 0.464 e. The van der Waals surface area contributed by atoms with Crippen LogP contribution in [0.3, 0.4) is 0 Å². The van der Waals surface area contributed by atoms with Crippen molar-refractivity contribution in [2.45, 2.75) is 63.3 Å². The maximum atomic E-state index is 14.0. The van der Waals surface area contributed by atoms with E-state index in [2.05, 4.69) is 20.9 Å². The van der Waals surface area contributed by atoms with Crippen molar-refractivity contribution in [3.8, 4) is 0 Å². The number of pyridine rings is 1. The molecule has 12 heteroatoms. The normalized spacial score (nSPS) is 14.7. The van der Waals surface area contributed by atoms with Crippen LogP contribution in [0.25, 0.3) is 0 Å². The van der Waals surface area contributed by atoms with Crippen LogP contribution < -0.4 is 16.0 Å². The standard InChI is InChI=1S/C41H45N5O7/c47-37(28-43-41(51)53-29-33-16-8-3-9-17-33)46-24-10-19-36(46)39(49)44-34(26-31-12-4-1-5-13-31)38(48)45-35(27-32-14-6-2-7-15-32)40(50)52-25-11-18-30-20-22-42-23-21-30/h1-9,12-17,20-23,34-36H,10-11,18-19,24-29H2,(H,43,51)(H,44,49)(H,45,48)/t34-,35-,36-/m0/s1. The number of amides is 4. The van der Waals surface area contributed by atoms with Crippen LogP contribution in [-0.4, -0.2) is 77.5 Å². The van der Waals surface area contributed by atoms with Gasteiger partial charge in [-0.05, 0) is 60.1 Å². The van der Waals surface area contributed by atoms with Crippen molar-refractivity contribution in [2.24, 2.45) is 0 Å². The number of hydrogen-bond donors (Lipinski definition) is 3. The molecule has 1 aliphatic rings. The van der Waals surface area contributed by atoms with Crippen molar-refractivity contribution in [1.82, 2.24) is 25.8 Å². The Morgan fingerprint density at radius 3 is 1.96 bits per heavy atom. The van der Waals surface area contributed by atoms with Crippen LogP contribution in [0.5, 0.6) is 0 Å². The third-order valence-electron chi connectivity index (χ3n) is 8.88. The lowest BCUT2D eigenvalue weighted by Gasteiger charge is -2.27. The number of hydrogen-bond acceptors (Lipinski definition) is 8. The van der Waals surface area contributed by atoms with E-state index in [1.54, 1.807) is 12.4 Å². The van der Waals surface area contributed by atoms with E-state index in [1.807, 2.05) is 103 Å². The van der Waals surface area contributed by atoms with Gasteiger partial charge in [-0.15, -0.1) is 0 Å². The van der Waals surface area contributed by atoms with Crippen molar-refractivity contribution in [3.63, 3.8) is 0 Å². The van der Waals surface area contributed by atoms with Crippen molar-refractivity contribution in [2.75, 3.05) is 19.7 Å². The SMILES string of the molecule is O=C(NCC(=O)N1CCC[C@H]1C(=O)N[C@@H](Cc1ccccc1)C(=O)N[C@@H](Cc1ccccc1)C(=O)OCCCc1ccncc1)OCc1ccccc1. The highest BCUT2D eigenvalue weighted by atomic mass is 16.5. The number of rotatable bonds is 17. The van der Waals surface area contributed by atoms with Crippen molar-refractivity contribution >= 4 is 29.8 Å². The molecule has 4 aromatic rings. The van der Waals surface area contributed by atoms with Crippen LogP contribution in [0.4, 0.5) is 4.79 Å². The molecule has 4 amide bonds. The van der Waals surface area contributed by atoms with E-state index in [9.17, 15) is 24.0 Å². The highest BCUT2D eigenvalue weighted by Crippen LogP contribution is 2.18. The summed E-state index contributed by atoms with van der Waals surface area (Å²) in [4.78, 5) is 72.1. The maximum absolute atomic E-state index is 14.0. The number of nitrogens with one attached hydrogen (secondary N) is 3. The molecule has 1 aromatic heterocycles. The summed E-state index contributed by atoms with van der Waals surface area (Å²) in [5.74, 6) is -2.09. The third-order valence-corrected chi connectivity index (χ3v) is 8.88. The Balaban J connectivity index is 1.21. The average Bonchev–Trinajstić information content (AvgIpc) is 3.69. The molecule has 0 saturated carbocycles. The lowest BCUT2D eigenvalue weighted by atomic mass is 10.0. The van der Waals surface area contributed by atoms with Gasteiger partial charge < -0.3 is 30.3 Å². The minimum atomic E-state index is -1.06. The zero-order valence-corrected chi connectivity index (χ0v) is 29.5. The number of esters is 1. The van der Waals surface area contributed by atoms with E-state index in [1.165, 1.54) is 4.90 Å². The number of aromatic nitrogens is 1. The van der Waals surface area contributed by atoms with E-state index >= 15 is 0 Å². The number of carbonyl (C=O) groups excluding carboxylic acids is 5. The first kappa shape index (κ1) is 38.2. The van der Waals surface area contributed by atoms with Gasteiger partial charge in [0.2, 0.25) is 17.7 Å². The average molecular weight is 720 g/mol. The fraction of sp³-hybridized carbons (Fsp3) is 0.317. The quantitative estimate of drug-likeness (QED) is 0.110. The molecule has 5 rings (SSSR count). The smallest absolute Gasteiger partial charge is 0.407 e. The molecular formula is C41H45N5O7. The minimum absolute atomic E-state index is 0.0523. The second-order valence-electron chi connectivity index (χ2n) is 12.8. The molecule has 0 bridgehead atoms. The summed E-state index contributed by atoms with van der Waals surface area (Å²) in [6, 6.07) is 28.6. The molecule has 0 spiro atoms. The molecule has 0 aliphatic carbocycles. The predicted octanol–water partition coefficient (Wildman–Crippen LogP) is 3.93. The predicted molar refractivity (Wildman–Crippen MR) is 197 cm³/mol. The molecule has 3 atom stereocenters. The fourth-order valence-corrected chi connectivity index (χ4v) is 6.10. The second-order valence-corrected chi connectivity index (χ2v) is 12.8. The van der Waals surface area contributed by atoms with Crippen LogP contribution in [0.2, 0.25) is 0 Å². The first-order valence-electron chi connectivity index (χ1n) is 17.8. The summed E-state index contributed by atoms with van der Waals surface area (Å²) in [6.45, 7) is 0.185. The Hall–Kier alpha value is -6.04. The third kappa shape index (κ3) is 12.3. The summed E-state index contributed by atoms with van der Waals surface area (Å²) in [5, 5.41) is 8.18. The van der Waals surface area contributed by atoms with Gasteiger partial charge in [0.1, 0.15) is 31.3 Å². The highest BCUT2D eigenvalue weighted by Gasteiger charge is 2.36. The molecular weight excluding hydrogens is 674 g/mol. The van der Waals surface area contributed by atoms with Gasteiger partial charge in [-0.3, -0.25) is 19.4 Å². The van der Waals surface area contributed by atoms with E-state index in [0.29, 0.717) is 32.2 Å². The zero-order chi connectivity index (χ0) is 37.3. The molecule has 0 radical (unpaired) electrons. The van der Waals surface area contributed by atoms with E-state index in [-0.39, 0.29) is 32.6 Å². The molecule has 1 saturated heterocycles. The highest BCUT2D eigenvalue weighted by molar-refractivity contribution is 5.94. The van der Waals surface area contributed by atoms with E-state index in [4.69, 9.17) is 9.47 Å². The van der Waals surface area contributed by atoms with Gasteiger partial charge >= 0.3 is 12.1 Å². The summed E-state index contributed by atoms with van der Waals surface area (Å²) >= 11 is 0. The topological polar surface area (TPSA) is 156 Å². The first-order chi connectivity index (χ1) is 25.9. The Labute approximate surface area is 309 Å². The number of nitrogens with zero attached hydrogens (tertiary/aromatic N) is 2. The van der Waals surface area contributed by atoms with Crippen LogP contribution in [-0.2, 0) is 54.5 Å². The zero-order valence-electron chi connectivity index (χ0n) is 29.5. The monoisotopic (exact) mass is 719 g/mol. The number of alkyl carbamates (subject to hydrolysis) is 1. The lowest BCUT2D eigenvalue weighted by molar-refractivity contribution is -0.148. The second kappa shape index (κ2) is 20.1. The van der Waals surface area contributed by atoms with Gasteiger partial charge in [0.15, 0.2) is 0 Å². The molecule has 3 aromatic carbocycles. The number of ether oxygens (including phenoxy) is 2. The summed E-state index contributed by atoms with van der Waals surface area (Å²) in [7, 11) is 0. The van der Waals surface area contributed by atoms with Crippen LogP contribution in [0.15, 0.2) is 116 Å². The molecule has 276 valence electrons. The Kier molecular flexibility index (Phi) is 14.5. The van der Waals surface area contributed by atoms with E-state index in [0.717, 1.165) is 22.3 Å². The number of aryl methyl sites for hydroxylation is 1.